The molecule has 2 unspecified atom stereocenters. The van der Waals surface area contributed by atoms with Gasteiger partial charge in [0.05, 0.1) is 6.07 Å². The fourth-order valence-electron chi connectivity index (χ4n) is 3.09. The number of hydrogen-bond acceptors (Lipinski definition) is 2. The Balaban J connectivity index is 2.11. The molecule has 2 aromatic rings. The van der Waals surface area contributed by atoms with Crippen molar-refractivity contribution in [1.82, 2.24) is 0 Å². The molecule has 2 nitrogen and oxygen atoms in total. The summed E-state index contributed by atoms with van der Waals surface area (Å²) < 4.78 is 0.848. The molecule has 0 saturated heterocycles. The van der Waals surface area contributed by atoms with Crippen LogP contribution < -0.4 is 0 Å². The maximum atomic E-state index is 10.9. The number of aliphatic hydroxyl groups is 1. The maximum Gasteiger partial charge on any atom is 0.113 e. The zero-order chi connectivity index (χ0) is 15.0. The van der Waals surface area contributed by atoms with E-state index in [4.69, 9.17) is 11.6 Å². The van der Waals surface area contributed by atoms with Crippen LogP contribution in [-0.4, -0.2) is 5.11 Å². The summed E-state index contributed by atoms with van der Waals surface area (Å²) in [7, 11) is 0. The maximum absolute atomic E-state index is 10.9. The molecule has 2 aromatic carbocycles. The largest absolute Gasteiger partial charge is 0.386 e. The average Bonchev–Trinajstić information content (AvgIpc) is 2.87. The van der Waals surface area contributed by atoms with Gasteiger partial charge in [-0.15, -0.1) is 0 Å². The minimum Gasteiger partial charge on any atom is -0.386 e. The molecular weight excluding hydrogens is 350 g/mol. The second kappa shape index (κ2) is 5.46. The molecule has 0 heterocycles. The number of aryl methyl sites for hydroxylation is 1. The number of benzene rings is 2. The van der Waals surface area contributed by atoms with E-state index in [2.05, 4.69) is 22.0 Å². The number of aliphatic hydroxyl groups excluding tert-OH is 1. The van der Waals surface area contributed by atoms with Crippen molar-refractivity contribution in [3.63, 3.8) is 0 Å². The first-order valence-corrected chi connectivity index (χ1v) is 7.88. The van der Waals surface area contributed by atoms with Crippen molar-refractivity contribution < 1.29 is 5.11 Å². The zero-order valence-electron chi connectivity index (χ0n) is 11.2. The van der Waals surface area contributed by atoms with Gasteiger partial charge in [0.15, 0.2) is 0 Å². The van der Waals surface area contributed by atoms with Gasteiger partial charge in [0, 0.05) is 15.1 Å². The van der Waals surface area contributed by atoms with Crippen LogP contribution in [0.1, 0.15) is 29.2 Å². The molecule has 0 spiro atoms. The summed E-state index contributed by atoms with van der Waals surface area (Å²) in [5, 5.41) is 21.1. The van der Waals surface area contributed by atoms with Crippen LogP contribution in [0, 0.1) is 11.3 Å². The minimum atomic E-state index is -0.938. The first kappa shape index (κ1) is 14.6. The van der Waals surface area contributed by atoms with E-state index in [-0.39, 0.29) is 0 Å². The Labute approximate surface area is 137 Å². The third kappa shape index (κ3) is 2.28. The summed E-state index contributed by atoms with van der Waals surface area (Å²) >= 11 is 9.60. The second-order valence-corrected chi connectivity index (χ2v) is 6.63. The second-order valence-electron chi connectivity index (χ2n) is 5.31. The van der Waals surface area contributed by atoms with Gasteiger partial charge in [0.25, 0.3) is 0 Å². The molecule has 0 radical (unpaired) electrons. The molecule has 0 saturated carbocycles. The third-order valence-corrected chi connectivity index (χ3v) is 5.03. The number of nitriles is 1. The van der Waals surface area contributed by atoms with Gasteiger partial charge in [-0.2, -0.15) is 5.26 Å². The number of halogens is 2. The van der Waals surface area contributed by atoms with E-state index >= 15 is 0 Å². The number of hydrogen-bond donors (Lipinski definition) is 1. The van der Waals surface area contributed by atoms with E-state index < -0.39 is 11.5 Å². The molecule has 1 N–H and O–H groups in total. The number of rotatable bonds is 2. The molecule has 0 amide bonds. The van der Waals surface area contributed by atoms with E-state index in [0.717, 1.165) is 22.0 Å². The predicted octanol–water partition coefficient (Wildman–Crippen LogP) is 4.54. The van der Waals surface area contributed by atoms with Gasteiger partial charge in [-0.3, -0.25) is 0 Å². The summed E-state index contributed by atoms with van der Waals surface area (Å²) in [5.74, 6) is 0. The highest BCUT2D eigenvalue weighted by atomic mass is 79.9. The van der Waals surface area contributed by atoms with E-state index in [0.29, 0.717) is 17.0 Å². The van der Waals surface area contributed by atoms with E-state index in [1.807, 2.05) is 30.3 Å². The molecule has 106 valence electrons. The van der Waals surface area contributed by atoms with Crippen molar-refractivity contribution in [2.45, 2.75) is 24.4 Å². The van der Waals surface area contributed by atoms with Gasteiger partial charge in [-0.05, 0) is 36.1 Å². The molecule has 0 aliphatic heterocycles. The van der Waals surface area contributed by atoms with Crippen molar-refractivity contribution in [2.75, 3.05) is 0 Å². The van der Waals surface area contributed by atoms with Gasteiger partial charge in [0.2, 0.25) is 0 Å². The molecule has 0 fully saturated rings. The number of fused-ring (bicyclic) bond motifs is 1. The summed E-state index contributed by atoms with van der Waals surface area (Å²) in [5.41, 5.74) is 1.72. The molecule has 2 atom stereocenters. The highest BCUT2D eigenvalue weighted by Gasteiger charge is 2.46. The van der Waals surface area contributed by atoms with Crippen LogP contribution in [-0.2, 0) is 11.8 Å². The first-order valence-electron chi connectivity index (χ1n) is 6.71. The monoisotopic (exact) mass is 361 g/mol. The first-order chi connectivity index (χ1) is 10.1. The van der Waals surface area contributed by atoms with Crippen LogP contribution in [0.3, 0.4) is 0 Å². The van der Waals surface area contributed by atoms with Crippen LogP contribution >= 0.6 is 27.5 Å². The Morgan fingerprint density at radius 2 is 2.05 bits per heavy atom. The minimum absolute atomic E-state index is 0.468. The normalized spacial score (nSPS) is 21.6. The fraction of sp³-hybridized carbons (Fsp3) is 0.235. The van der Waals surface area contributed by atoms with Gasteiger partial charge in [-0.25, -0.2) is 0 Å². The summed E-state index contributed by atoms with van der Waals surface area (Å²) in [4.78, 5) is 0. The number of nitrogens with zero attached hydrogens (tertiary/aromatic N) is 1. The van der Waals surface area contributed by atoms with Crippen LogP contribution in [0.25, 0.3) is 0 Å². The fourth-order valence-corrected chi connectivity index (χ4v) is 3.87. The molecule has 4 heteroatoms. The van der Waals surface area contributed by atoms with Crippen LogP contribution in [0.15, 0.2) is 46.9 Å². The van der Waals surface area contributed by atoms with Gasteiger partial charge in [-0.1, -0.05) is 57.9 Å². The average molecular weight is 363 g/mol. The highest BCUT2D eigenvalue weighted by Crippen LogP contribution is 2.48. The quantitative estimate of drug-likeness (QED) is 0.852. The van der Waals surface area contributed by atoms with Gasteiger partial charge < -0.3 is 5.11 Å². The van der Waals surface area contributed by atoms with Crippen molar-refractivity contribution in [1.29, 1.82) is 5.26 Å². The molecule has 0 aromatic heterocycles. The van der Waals surface area contributed by atoms with E-state index in [9.17, 15) is 10.4 Å². The van der Waals surface area contributed by atoms with E-state index in [1.165, 1.54) is 0 Å². The Hall–Kier alpha value is -1.34. The summed E-state index contributed by atoms with van der Waals surface area (Å²) in [6.45, 7) is 0. The third-order valence-electron chi connectivity index (χ3n) is 4.21. The standard InChI is InChI=1S/C17H13BrClNO/c18-12-5-6-13(15(19)9-12)16(21)17(10-20)8-7-11-3-1-2-4-14(11)17/h1-6,9,16,21H,7-8H2. The highest BCUT2D eigenvalue weighted by molar-refractivity contribution is 9.10. The Bertz CT molecular complexity index is 740. The molecule has 3 rings (SSSR count). The Kier molecular flexibility index (Phi) is 3.79. The molecule has 0 bridgehead atoms. The lowest BCUT2D eigenvalue weighted by atomic mass is 9.75. The van der Waals surface area contributed by atoms with E-state index in [1.54, 1.807) is 12.1 Å². The van der Waals surface area contributed by atoms with Crippen molar-refractivity contribution in [3.05, 3.63) is 68.7 Å². The molecule has 1 aliphatic carbocycles. The smallest absolute Gasteiger partial charge is 0.113 e. The molecule has 21 heavy (non-hydrogen) atoms. The van der Waals surface area contributed by atoms with Crippen molar-refractivity contribution in [2.24, 2.45) is 0 Å². The molecule has 1 aliphatic rings. The SMILES string of the molecule is N#CC1(C(O)c2ccc(Br)cc2Cl)CCc2ccccc21. The lowest BCUT2D eigenvalue weighted by Crippen LogP contribution is -2.30. The Morgan fingerprint density at radius 1 is 1.29 bits per heavy atom. The van der Waals surface area contributed by atoms with Crippen molar-refractivity contribution in [3.8, 4) is 6.07 Å². The zero-order valence-corrected chi connectivity index (χ0v) is 13.5. The lowest BCUT2D eigenvalue weighted by Gasteiger charge is -2.29. The van der Waals surface area contributed by atoms with Gasteiger partial charge >= 0.3 is 0 Å². The van der Waals surface area contributed by atoms with Crippen LogP contribution in [0.5, 0.6) is 0 Å². The lowest BCUT2D eigenvalue weighted by molar-refractivity contribution is 0.111. The Morgan fingerprint density at radius 3 is 2.76 bits per heavy atom. The van der Waals surface area contributed by atoms with Crippen molar-refractivity contribution >= 4 is 27.5 Å². The van der Waals surface area contributed by atoms with Crippen LogP contribution in [0.2, 0.25) is 5.02 Å². The van der Waals surface area contributed by atoms with Gasteiger partial charge in [0.1, 0.15) is 11.5 Å². The van der Waals surface area contributed by atoms with Crippen LogP contribution in [0.4, 0.5) is 0 Å². The molecular formula is C17H13BrClNO. The summed E-state index contributed by atoms with van der Waals surface area (Å²) in [6, 6.07) is 15.5. The predicted molar refractivity (Wildman–Crippen MR) is 86.2 cm³/mol. The topological polar surface area (TPSA) is 44.0 Å². The summed E-state index contributed by atoms with van der Waals surface area (Å²) in [6.07, 6.45) is 0.470.